The molecule has 0 atom stereocenters. The Labute approximate surface area is 131 Å². The van der Waals surface area contributed by atoms with Crippen LogP contribution in [0.15, 0.2) is 36.4 Å². The van der Waals surface area contributed by atoms with E-state index in [2.05, 4.69) is 27.9 Å². The Morgan fingerprint density at radius 1 is 1.16 bits per heavy atom. The van der Waals surface area contributed by atoms with E-state index in [4.69, 9.17) is 11.6 Å². The van der Waals surface area contributed by atoms with Crippen LogP contribution in [0.5, 0.6) is 0 Å². The molecule has 2 aromatic rings. The van der Waals surface area contributed by atoms with E-state index in [9.17, 15) is 4.79 Å². The summed E-state index contributed by atoms with van der Waals surface area (Å²) in [6.07, 6.45) is 0. The minimum atomic E-state index is -0.119. The predicted octanol–water partition coefficient (Wildman–Crippen LogP) is 4.81. The molecular formula is C15H13ClINO. The van der Waals surface area contributed by atoms with E-state index in [1.165, 1.54) is 0 Å². The van der Waals surface area contributed by atoms with Crippen LogP contribution < -0.4 is 5.32 Å². The van der Waals surface area contributed by atoms with Crippen molar-refractivity contribution in [2.24, 2.45) is 0 Å². The highest BCUT2D eigenvalue weighted by atomic mass is 127. The van der Waals surface area contributed by atoms with Crippen LogP contribution in [-0.4, -0.2) is 5.91 Å². The van der Waals surface area contributed by atoms with Crippen molar-refractivity contribution in [3.63, 3.8) is 0 Å². The number of benzene rings is 2. The minimum Gasteiger partial charge on any atom is -0.322 e. The average molecular weight is 386 g/mol. The van der Waals surface area contributed by atoms with Crippen LogP contribution in [0.4, 0.5) is 5.69 Å². The third-order valence-electron chi connectivity index (χ3n) is 2.90. The molecule has 0 aliphatic rings. The molecule has 2 aromatic carbocycles. The molecule has 2 nitrogen and oxygen atoms in total. The summed E-state index contributed by atoms with van der Waals surface area (Å²) in [6.45, 7) is 3.96. The highest BCUT2D eigenvalue weighted by Gasteiger charge is 2.10. The zero-order chi connectivity index (χ0) is 14.0. The maximum Gasteiger partial charge on any atom is 0.255 e. The van der Waals surface area contributed by atoms with Gasteiger partial charge in [-0.3, -0.25) is 4.79 Å². The lowest BCUT2D eigenvalue weighted by atomic mass is 10.1. The van der Waals surface area contributed by atoms with Gasteiger partial charge in [-0.05, 0) is 65.8 Å². The number of aryl methyl sites for hydroxylation is 2. The Morgan fingerprint density at radius 2 is 1.79 bits per heavy atom. The first-order valence-corrected chi connectivity index (χ1v) is 7.27. The van der Waals surface area contributed by atoms with Crippen LogP contribution in [0.3, 0.4) is 0 Å². The maximum atomic E-state index is 12.2. The summed E-state index contributed by atoms with van der Waals surface area (Å²) in [6, 6.07) is 11.2. The fourth-order valence-electron chi connectivity index (χ4n) is 1.83. The highest BCUT2D eigenvalue weighted by molar-refractivity contribution is 14.1. The molecule has 0 unspecified atom stereocenters. The van der Waals surface area contributed by atoms with Crippen molar-refractivity contribution < 1.29 is 4.79 Å². The first-order valence-electron chi connectivity index (χ1n) is 5.81. The lowest BCUT2D eigenvalue weighted by molar-refractivity contribution is 0.102. The molecule has 4 heteroatoms. The van der Waals surface area contributed by atoms with Gasteiger partial charge >= 0.3 is 0 Å². The second kappa shape index (κ2) is 5.92. The van der Waals surface area contributed by atoms with E-state index in [1.807, 2.05) is 32.0 Å². The van der Waals surface area contributed by atoms with Gasteiger partial charge in [-0.1, -0.05) is 29.8 Å². The first-order chi connectivity index (χ1) is 8.99. The van der Waals surface area contributed by atoms with Crippen molar-refractivity contribution in [1.82, 2.24) is 0 Å². The van der Waals surface area contributed by atoms with Crippen LogP contribution in [-0.2, 0) is 0 Å². The minimum absolute atomic E-state index is 0.119. The van der Waals surface area contributed by atoms with Crippen molar-refractivity contribution in [2.45, 2.75) is 13.8 Å². The molecule has 0 aromatic heterocycles. The smallest absolute Gasteiger partial charge is 0.255 e. The SMILES string of the molecule is Cc1cccc(C)c1NC(=O)c1ccc(Cl)c(I)c1. The van der Waals surface area contributed by atoms with Gasteiger partial charge in [0.05, 0.1) is 5.02 Å². The second-order valence-corrected chi connectivity index (χ2v) is 5.92. The first kappa shape index (κ1) is 14.3. The number of halogens is 2. The van der Waals surface area contributed by atoms with Gasteiger partial charge in [0.2, 0.25) is 0 Å². The molecule has 0 saturated heterocycles. The number of hydrogen-bond acceptors (Lipinski definition) is 1. The lowest BCUT2D eigenvalue weighted by Gasteiger charge is -2.11. The van der Waals surface area contributed by atoms with Gasteiger partial charge in [0.15, 0.2) is 0 Å². The summed E-state index contributed by atoms with van der Waals surface area (Å²) in [4.78, 5) is 12.2. The Bertz CT molecular complexity index is 620. The van der Waals surface area contributed by atoms with Gasteiger partial charge < -0.3 is 5.32 Å². The topological polar surface area (TPSA) is 29.1 Å². The van der Waals surface area contributed by atoms with Crippen molar-refractivity contribution in [3.05, 3.63) is 61.7 Å². The number of para-hydroxylation sites is 1. The number of rotatable bonds is 2. The molecule has 0 spiro atoms. The third kappa shape index (κ3) is 3.28. The molecule has 0 radical (unpaired) electrons. The molecule has 1 amide bonds. The van der Waals surface area contributed by atoms with E-state index in [1.54, 1.807) is 18.2 Å². The van der Waals surface area contributed by atoms with Crippen molar-refractivity contribution in [2.75, 3.05) is 5.32 Å². The van der Waals surface area contributed by atoms with Crippen LogP contribution >= 0.6 is 34.2 Å². The Kier molecular flexibility index (Phi) is 4.47. The zero-order valence-corrected chi connectivity index (χ0v) is 13.5. The van der Waals surface area contributed by atoms with E-state index >= 15 is 0 Å². The molecule has 0 fully saturated rings. The van der Waals surface area contributed by atoms with E-state index in [0.717, 1.165) is 20.4 Å². The van der Waals surface area contributed by atoms with Gasteiger partial charge in [-0.25, -0.2) is 0 Å². The molecule has 0 aliphatic heterocycles. The molecular weight excluding hydrogens is 373 g/mol. The Morgan fingerprint density at radius 3 is 2.37 bits per heavy atom. The highest BCUT2D eigenvalue weighted by Crippen LogP contribution is 2.22. The van der Waals surface area contributed by atoms with Crippen LogP contribution in [0.2, 0.25) is 5.02 Å². The van der Waals surface area contributed by atoms with Gasteiger partial charge in [0, 0.05) is 14.8 Å². The van der Waals surface area contributed by atoms with E-state index < -0.39 is 0 Å². The van der Waals surface area contributed by atoms with Crippen molar-refractivity contribution in [3.8, 4) is 0 Å². The molecule has 19 heavy (non-hydrogen) atoms. The van der Waals surface area contributed by atoms with Crippen LogP contribution in [0.25, 0.3) is 0 Å². The molecule has 1 N–H and O–H groups in total. The zero-order valence-electron chi connectivity index (χ0n) is 10.6. The van der Waals surface area contributed by atoms with Crippen LogP contribution in [0, 0.1) is 17.4 Å². The third-order valence-corrected chi connectivity index (χ3v) is 4.44. The van der Waals surface area contributed by atoms with Gasteiger partial charge in [0.25, 0.3) is 5.91 Å². The molecule has 0 aliphatic carbocycles. The number of nitrogens with one attached hydrogen (secondary N) is 1. The number of hydrogen-bond donors (Lipinski definition) is 1. The van der Waals surface area contributed by atoms with Gasteiger partial charge in [0.1, 0.15) is 0 Å². The fourth-order valence-corrected chi connectivity index (χ4v) is 2.47. The monoisotopic (exact) mass is 385 g/mol. The average Bonchev–Trinajstić information content (AvgIpc) is 2.37. The summed E-state index contributed by atoms with van der Waals surface area (Å²) >= 11 is 8.07. The summed E-state index contributed by atoms with van der Waals surface area (Å²) in [5, 5.41) is 3.61. The molecule has 0 bridgehead atoms. The summed E-state index contributed by atoms with van der Waals surface area (Å²) in [5.74, 6) is -0.119. The molecule has 98 valence electrons. The lowest BCUT2D eigenvalue weighted by Crippen LogP contribution is -2.13. The van der Waals surface area contributed by atoms with E-state index in [-0.39, 0.29) is 5.91 Å². The predicted molar refractivity (Wildman–Crippen MR) is 88.0 cm³/mol. The maximum absolute atomic E-state index is 12.2. The molecule has 0 saturated carbocycles. The number of amides is 1. The largest absolute Gasteiger partial charge is 0.322 e. The normalized spacial score (nSPS) is 10.3. The summed E-state index contributed by atoms with van der Waals surface area (Å²) < 4.78 is 0.869. The molecule has 2 rings (SSSR count). The van der Waals surface area contributed by atoms with Gasteiger partial charge in [-0.2, -0.15) is 0 Å². The van der Waals surface area contributed by atoms with E-state index in [0.29, 0.717) is 10.6 Å². The Hall–Kier alpha value is -1.07. The standard InChI is InChI=1S/C15H13ClINO/c1-9-4-3-5-10(2)14(9)18-15(19)11-6-7-12(16)13(17)8-11/h3-8H,1-2H3,(H,18,19). The quantitative estimate of drug-likeness (QED) is 0.738. The van der Waals surface area contributed by atoms with Crippen molar-refractivity contribution in [1.29, 1.82) is 0 Å². The fraction of sp³-hybridized carbons (Fsp3) is 0.133. The summed E-state index contributed by atoms with van der Waals surface area (Å²) in [5.41, 5.74) is 3.59. The number of carbonyl (C=O) groups excluding carboxylic acids is 1. The van der Waals surface area contributed by atoms with Crippen molar-refractivity contribution >= 4 is 45.8 Å². The number of anilines is 1. The van der Waals surface area contributed by atoms with Gasteiger partial charge in [-0.15, -0.1) is 0 Å². The second-order valence-electron chi connectivity index (χ2n) is 4.35. The molecule has 0 heterocycles. The van der Waals surface area contributed by atoms with Crippen LogP contribution in [0.1, 0.15) is 21.5 Å². The number of carbonyl (C=O) groups is 1. The summed E-state index contributed by atoms with van der Waals surface area (Å²) in [7, 11) is 0. The Balaban J connectivity index is 2.28.